The molecule has 0 aliphatic carbocycles. The Morgan fingerprint density at radius 3 is 3.08 bits per heavy atom. The first kappa shape index (κ1) is 16.4. The van der Waals surface area contributed by atoms with Gasteiger partial charge in [-0.2, -0.15) is 0 Å². The van der Waals surface area contributed by atoms with E-state index in [1.165, 1.54) is 0 Å². The molecule has 1 saturated heterocycles. The predicted molar refractivity (Wildman–Crippen MR) is 86.6 cm³/mol. The fraction of sp³-hybridized carbons (Fsp3) is 0.500. The zero-order chi connectivity index (χ0) is 17.0. The summed E-state index contributed by atoms with van der Waals surface area (Å²) in [6.07, 6.45) is 7.03. The zero-order valence-corrected chi connectivity index (χ0v) is 13.6. The Kier molecular flexibility index (Phi) is 4.75. The Bertz CT molecular complexity index is 690. The molecule has 8 nitrogen and oxygen atoms in total. The lowest BCUT2D eigenvalue weighted by atomic mass is 9.92. The minimum atomic E-state index is -1.01. The van der Waals surface area contributed by atoms with Crippen LogP contribution in [0.25, 0.3) is 0 Å². The van der Waals surface area contributed by atoms with E-state index in [-0.39, 0.29) is 18.2 Å². The largest absolute Gasteiger partial charge is 0.386 e. The summed E-state index contributed by atoms with van der Waals surface area (Å²) in [5, 5.41) is 17.3. The molecule has 1 atom stereocenters. The van der Waals surface area contributed by atoms with E-state index in [0.29, 0.717) is 19.4 Å². The zero-order valence-electron chi connectivity index (χ0n) is 13.6. The number of piperidine rings is 1. The summed E-state index contributed by atoms with van der Waals surface area (Å²) in [7, 11) is 0. The Hall–Kier alpha value is -2.48. The Morgan fingerprint density at radius 2 is 2.38 bits per heavy atom. The second-order valence-corrected chi connectivity index (χ2v) is 6.03. The number of carbonyl (C=O) groups excluding carboxylic acids is 1. The van der Waals surface area contributed by atoms with Gasteiger partial charge in [0.1, 0.15) is 5.82 Å². The van der Waals surface area contributed by atoms with Crippen molar-refractivity contribution in [1.29, 1.82) is 0 Å². The van der Waals surface area contributed by atoms with E-state index in [0.717, 1.165) is 24.5 Å². The average molecular weight is 331 g/mol. The van der Waals surface area contributed by atoms with Crippen LogP contribution in [0.5, 0.6) is 0 Å². The monoisotopic (exact) mass is 331 g/mol. The van der Waals surface area contributed by atoms with Gasteiger partial charge in [-0.15, -0.1) is 0 Å². The van der Waals surface area contributed by atoms with E-state index in [1.807, 2.05) is 11.8 Å². The topological polar surface area (TPSA) is 104 Å². The normalized spacial score (nSPS) is 20.8. The molecule has 3 heterocycles. The predicted octanol–water partition coefficient (Wildman–Crippen LogP) is 0.788. The quantitative estimate of drug-likeness (QED) is 0.834. The fourth-order valence-electron chi connectivity index (χ4n) is 2.82. The van der Waals surface area contributed by atoms with Crippen LogP contribution >= 0.6 is 0 Å². The number of nitrogens with one attached hydrogen (secondary N) is 1. The van der Waals surface area contributed by atoms with Crippen LogP contribution in [0.2, 0.25) is 0 Å². The number of aryl methyl sites for hydroxylation is 1. The lowest BCUT2D eigenvalue weighted by Gasteiger charge is -2.39. The maximum atomic E-state index is 12.1. The van der Waals surface area contributed by atoms with Crippen LogP contribution in [0.3, 0.4) is 0 Å². The molecule has 1 amide bonds. The summed E-state index contributed by atoms with van der Waals surface area (Å²) in [5.74, 6) is 0.522. The summed E-state index contributed by atoms with van der Waals surface area (Å²) in [6.45, 7) is 3.27. The Balaban J connectivity index is 1.60. The molecule has 2 aromatic heterocycles. The second-order valence-electron chi connectivity index (χ2n) is 6.03. The van der Waals surface area contributed by atoms with Crippen molar-refractivity contribution in [2.45, 2.75) is 31.8 Å². The number of β-amino-alcohol motifs (C(OH)–C–C–N with tert-alkyl or cyclic N) is 1. The molecule has 8 heteroatoms. The molecule has 0 saturated carbocycles. The van der Waals surface area contributed by atoms with Crippen LogP contribution in [0.4, 0.5) is 5.82 Å². The van der Waals surface area contributed by atoms with Gasteiger partial charge in [-0.3, -0.25) is 9.78 Å². The summed E-state index contributed by atoms with van der Waals surface area (Å²) < 4.78 is 5.01. The number of carbonyl (C=O) groups is 1. The smallest absolute Gasteiger partial charge is 0.290 e. The molecule has 0 unspecified atom stereocenters. The van der Waals surface area contributed by atoms with Crippen LogP contribution in [0.1, 0.15) is 36.0 Å². The van der Waals surface area contributed by atoms with E-state index in [9.17, 15) is 9.90 Å². The maximum absolute atomic E-state index is 12.1. The van der Waals surface area contributed by atoms with Crippen molar-refractivity contribution >= 4 is 11.7 Å². The minimum Gasteiger partial charge on any atom is -0.386 e. The van der Waals surface area contributed by atoms with Gasteiger partial charge in [-0.05, 0) is 19.3 Å². The van der Waals surface area contributed by atoms with Gasteiger partial charge >= 0.3 is 0 Å². The number of anilines is 1. The second kappa shape index (κ2) is 6.96. The number of aromatic nitrogens is 3. The van der Waals surface area contributed by atoms with Gasteiger partial charge in [-0.25, -0.2) is 4.98 Å². The highest BCUT2D eigenvalue weighted by Crippen LogP contribution is 2.24. The Labute approximate surface area is 139 Å². The molecule has 0 aromatic carbocycles. The van der Waals surface area contributed by atoms with E-state index < -0.39 is 5.60 Å². The third kappa shape index (κ3) is 3.70. The lowest BCUT2D eigenvalue weighted by Crippen LogP contribution is -2.54. The number of aliphatic hydroxyl groups is 1. The molecular formula is C16H21N5O3. The van der Waals surface area contributed by atoms with Gasteiger partial charge in [0, 0.05) is 38.1 Å². The fourth-order valence-corrected chi connectivity index (χ4v) is 2.82. The van der Waals surface area contributed by atoms with E-state index in [2.05, 4.69) is 20.4 Å². The standard InChI is InChI=1S/C16H21N5O3/c1-2-12-8-13(24-20-12)15(22)19-10-16(23)4-3-7-21(11-16)14-9-17-5-6-18-14/h5-6,8-9,23H,2-4,7,10-11H2,1H3,(H,19,22)/t16-/m0/s1. The molecule has 0 bridgehead atoms. The molecular weight excluding hydrogens is 310 g/mol. The van der Waals surface area contributed by atoms with E-state index >= 15 is 0 Å². The van der Waals surface area contributed by atoms with Gasteiger partial charge in [-0.1, -0.05) is 12.1 Å². The molecule has 2 aromatic rings. The first-order valence-corrected chi connectivity index (χ1v) is 8.07. The van der Waals surface area contributed by atoms with Gasteiger partial charge in [0.25, 0.3) is 5.91 Å². The van der Waals surface area contributed by atoms with Crippen LogP contribution in [-0.2, 0) is 6.42 Å². The van der Waals surface area contributed by atoms with Crippen molar-refractivity contribution in [3.8, 4) is 0 Å². The van der Waals surface area contributed by atoms with Crippen molar-refractivity contribution in [1.82, 2.24) is 20.4 Å². The van der Waals surface area contributed by atoms with Crippen molar-refractivity contribution < 1.29 is 14.4 Å². The highest BCUT2D eigenvalue weighted by Gasteiger charge is 2.34. The molecule has 1 aliphatic heterocycles. The molecule has 1 fully saturated rings. The van der Waals surface area contributed by atoms with Crippen LogP contribution in [0, 0.1) is 0 Å². The highest BCUT2D eigenvalue weighted by atomic mass is 16.5. The lowest BCUT2D eigenvalue weighted by molar-refractivity contribution is 0.0250. The average Bonchev–Trinajstić information content (AvgIpc) is 3.10. The number of nitrogens with zero attached hydrogens (tertiary/aromatic N) is 4. The van der Waals surface area contributed by atoms with E-state index in [1.54, 1.807) is 24.7 Å². The van der Waals surface area contributed by atoms with Crippen LogP contribution in [-0.4, -0.2) is 51.4 Å². The van der Waals surface area contributed by atoms with Crippen molar-refractivity contribution in [3.63, 3.8) is 0 Å². The SMILES string of the molecule is CCc1cc(C(=O)NC[C@@]2(O)CCCN(c3cnccn3)C2)on1. The molecule has 0 spiro atoms. The summed E-state index contributed by atoms with van der Waals surface area (Å²) in [5.41, 5.74) is -0.288. The first-order valence-electron chi connectivity index (χ1n) is 8.07. The van der Waals surface area contributed by atoms with Crippen LogP contribution < -0.4 is 10.2 Å². The molecule has 24 heavy (non-hydrogen) atoms. The number of hydrogen-bond acceptors (Lipinski definition) is 7. The number of amides is 1. The molecule has 128 valence electrons. The molecule has 3 rings (SSSR count). The summed E-state index contributed by atoms with van der Waals surface area (Å²) >= 11 is 0. The molecule has 0 radical (unpaired) electrons. The van der Waals surface area contributed by atoms with Gasteiger partial charge in [0.05, 0.1) is 17.5 Å². The summed E-state index contributed by atoms with van der Waals surface area (Å²) in [6, 6.07) is 1.62. The first-order chi connectivity index (χ1) is 11.6. The van der Waals surface area contributed by atoms with Crippen molar-refractivity contribution in [2.75, 3.05) is 24.5 Å². The molecule has 2 N–H and O–H groups in total. The van der Waals surface area contributed by atoms with Crippen molar-refractivity contribution in [3.05, 3.63) is 36.1 Å². The van der Waals surface area contributed by atoms with Crippen molar-refractivity contribution in [2.24, 2.45) is 0 Å². The van der Waals surface area contributed by atoms with Gasteiger partial charge in [0.15, 0.2) is 0 Å². The Morgan fingerprint density at radius 1 is 1.50 bits per heavy atom. The van der Waals surface area contributed by atoms with E-state index in [4.69, 9.17) is 4.52 Å². The minimum absolute atomic E-state index is 0.144. The third-order valence-electron chi connectivity index (χ3n) is 4.15. The maximum Gasteiger partial charge on any atom is 0.290 e. The van der Waals surface area contributed by atoms with Gasteiger partial charge < -0.3 is 19.8 Å². The highest BCUT2D eigenvalue weighted by molar-refractivity contribution is 5.91. The van der Waals surface area contributed by atoms with Crippen LogP contribution in [0.15, 0.2) is 29.2 Å². The summed E-state index contributed by atoms with van der Waals surface area (Å²) in [4.78, 5) is 22.4. The molecule has 1 aliphatic rings. The third-order valence-corrected chi connectivity index (χ3v) is 4.15. The number of hydrogen-bond donors (Lipinski definition) is 2. The van der Waals surface area contributed by atoms with Gasteiger partial charge in [0.2, 0.25) is 5.76 Å². The number of rotatable bonds is 5.